The molecule has 0 spiro atoms. The highest BCUT2D eigenvalue weighted by molar-refractivity contribution is 5.75. The maximum absolute atomic E-state index is 11.5. The number of nitrogens with one attached hydrogen (secondary N) is 1. The Labute approximate surface area is 110 Å². The number of nitrogens with two attached hydrogens (primary N) is 1. The Balaban J connectivity index is 1.65. The Morgan fingerprint density at radius 3 is 2.79 bits per heavy atom. The molecule has 0 saturated heterocycles. The molecule has 2 rings (SSSR count). The van der Waals surface area contributed by atoms with E-state index in [1.807, 2.05) is 0 Å². The van der Waals surface area contributed by atoms with Gasteiger partial charge >= 0.3 is 0 Å². The molecule has 0 saturated carbocycles. The van der Waals surface area contributed by atoms with Crippen LogP contribution in [-0.4, -0.2) is 17.7 Å². The van der Waals surface area contributed by atoms with Crippen LogP contribution >= 0.6 is 0 Å². The van der Waals surface area contributed by atoms with Gasteiger partial charge in [0.2, 0.25) is 5.91 Å². The van der Waals surface area contributed by atoms with Gasteiger partial charge in [0.05, 0.1) is 25.8 Å². The van der Waals surface area contributed by atoms with Crippen molar-refractivity contribution in [2.24, 2.45) is 0 Å². The number of aromatic nitrogens is 1. The van der Waals surface area contributed by atoms with Crippen LogP contribution in [0, 0.1) is 0 Å². The van der Waals surface area contributed by atoms with Crippen molar-refractivity contribution in [3.8, 4) is 5.75 Å². The Kier molecular flexibility index (Phi) is 4.39. The maximum Gasteiger partial charge on any atom is 0.223 e. The fraction of sp³-hybridized carbons (Fsp3) is 0.231. The van der Waals surface area contributed by atoms with Crippen molar-refractivity contribution < 1.29 is 14.1 Å². The first kappa shape index (κ1) is 12.9. The molecule has 0 atom stereocenters. The van der Waals surface area contributed by atoms with Crippen molar-refractivity contribution in [3.63, 3.8) is 0 Å². The molecule has 1 amide bonds. The van der Waals surface area contributed by atoms with Crippen LogP contribution in [-0.2, 0) is 11.3 Å². The van der Waals surface area contributed by atoms with Gasteiger partial charge < -0.3 is 20.3 Å². The average molecular weight is 261 g/mol. The van der Waals surface area contributed by atoms with Gasteiger partial charge in [0.1, 0.15) is 5.75 Å². The summed E-state index contributed by atoms with van der Waals surface area (Å²) in [5.74, 6) is 1.21. The number of carbonyl (C=O) groups excluding carboxylic acids is 1. The summed E-state index contributed by atoms with van der Waals surface area (Å²) in [6.07, 6.45) is 1.81. The van der Waals surface area contributed by atoms with Gasteiger partial charge in [0.25, 0.3) is 0 Å². The van der Waals surface area contributed by atoms with Gasteiger partial charge in [-0.05, 0) is 24.3 Å². The first-order valence-electron chi connectivity index (χ1n) is 5.88. The van der Waals surface area contributed by atoms with Crippen LogP contribution < -0.4 is 15.8 Å². The molecule has 0 aliphatic rings. The molecule has 0 aliphatic carbocycles. The molecule has 0 unspecified atom stereocenters. The van der Waals surface area contributed by atoms with Crippen molar-refractivity contribution in [1.29, 1.82) is 0 Å². The third-order valence-electron chi connectivity index (χ3n) is 2.43. The van der Waals surface area contributed by atoms with Gasteiger partial charge in [0.15, 0.2) is 5.76 Å². The third kappa shape index (κ3) is 4.34. The molecular formula is C13H15N3O3. The van der Waals surface area contributed by atoms with Crippen molar-refractivity contribution in [2.75, 3.05) is 12.3 Å². The van der Waals surface area contributed by atoms with E-state index in [0.29, 0.717) is 30.3 Å². The fourth-order valence-electron chi connectivity index (χ4n) is 1.43. The number of nitrogens with zero attached hydrogens (tertiary/aromatic N) is 1. The van der Waals surface area contributed by atoms with E-state index in [1.165, 1.54) is 6.20 Å². The van der Waals surface area contributed by atoms with Gasteiger partial charge in [-0.2, -0.15) is 0 Å². The molecule has 19 heavy (non-hydrogen) atoms. The lowest BCUT2D eigenvalue weighted by Gasteiger charge is -2.06. The molecule has 100 valence electrons. The Bertz CT molecular complexity index is 508. The third-order valence-corrected chi connectivity index (χ3v) is 2.43. The van der Waals surface area contributed by atoms with Crippen molar-refractivity contribution >= 4 is 11.6 Å². The predicted octanol–water partition coefficient (Wildman–Crippen LogP) is 1.34. The lowest BCUT2D eigenvalue weighted by molar-refractivity contribution is -0.121. The smallest absolute Gasteiger partial charge is 0.223 e. The van der Waals surface area contributed by atoms with E-state index < -0.39 is 0 Å². The molecule has 0 bridgehead atoms. The minimum Gasteiger partial charge on any atom is -0.493 e. The lowest BCUT2D eigenvalue weighted by atomic mass is 10.3. The van der Waals surface area contributed by atoms with Crippen molar-refractivity contribution in [2.45, 2.75) is 13.0 Å². The minimum absolute atomic E-state index is 0.105. The molecule has 1 aromatic carbocycles. The highest BCUT2D eigenvalue weighted by atomic mass is 16.5. The first-order valence-corrected chi connectivity index (χ1v) is 5.88. The van der Waals surface area contributed by atoms with Gasteiger partial charge in [0, 0.05) is 11.8 Å². The van der Waals surface area contributed by atoms with Crippen molar-refractivity contribution in [3.05, 3.63) is 42.3 Å². The standard InChI is InChI=1S/C13H15N3O3/c14-10-1-3-11(4-2-10)18-8-6-13(17)15-9-12-5-7-16-19-12/h1-5,7H,6,8-9,14H2,(H,15,17). The average Bonchev–Trinajstić information content (AvgIpc) is 2.92. The molecule has 0 radical (unpaired) electrons. The Hall–Kier alpha value is -2.50. The summed E-state index contributed by atoms with van der Waals surface area (Å²) >= 11 is 0. The molecule has 6 nitrogen and oxygen atoms in total. The second kappa shape index (κ2) is 6.44. The second-order valence-electron chi connectivity index (χ2n) is 3.92. The van der Waals surface area contributed by atoms with E-state index in [9.17, 15) is 4.79 Å². The zero-order chi connectivity index (χ0) is 13.5. The van der Waals surface area contributed by atoms with Crippen LogP contribution in [0.1, 0.15) is 12.2 Å². The fourth-order valence-corrected chi connectivity index (χ4v) is 1.43. The first-order chi connectivity index (χ1) is 9.24. The molecule has 1 aromatic heterocycles. The summed E-state index contributed by atoms with van der Waals surface area (Å²) in [4.78, 5) is 11.5. The van der Waals surface area contributed by atoms with Crippen LogP contribution in [0.5, 0.6) is 5.75 Å². The second-order valence-corrected chi connectivity index (χ2v) is 3.92. The van der Waals surface area contributed by atoms with Crippen LogP contribution in [0.4, 0.5) is 5.69 Å². The van der Waals surface area contributed by atoms with E-state index >= 15 is 0 Å². The summed E-state index contributed by atoms with van der Waals surface area (Å²) in [6.45, 7) is 0.646. The summed E-state index contributed by atoms with van der Waals surface area (Å²) < 4.78 is 10.3. The van der Waals surface area contributed by atoms with E-state index in [2.05, 4.69) is 10.5 Å². The van der Waals surface area contributed by atoms with E-state index in [4.69, 9.17) is 15.0 Å². The maximum atomic E-state index is 11.5. The molecule has 3 N–H and O–H groups in total. The summed E-state index contributed by atoms with van der Waals surface area (Å²) in [5.41, 5.74) is 6.23. The van der Waals surface area contributed by atoms with Gasteiger partial charge in [-0.1, -0.05) is 5.16 Å². The van der Waals surface area contributed by atoms with E-state index in [-0.39, 0.29) is 12.3 Å². The van der Waals surface area contributed by atoms with Crippen LogP contribution in [0.2, 0.25) is 0 Å². The number of amides is 1. The number of hydrogen-bond donors (Lipinski definition) is 2. The highest BCUT2D eigenvalue weighted by Crippen LogP contribution is 2.13. The quantitative estimate of drug-likeness (QED) is 0.766. The molecule has 1 heterocycles. The van der Waals surface area contributed by atoms with Crippen LogP contribution in [0.3, 0.4) is 0 Å². The lowest BCUT2D eigenvalue weighted by Crippen LogP contribution is -2.24. The number of anilines is 1. The molecule has 2 aromatic rings. The molecule has 0 aliphatic heterocycles. The van der Waals surface area contributed by atoms with Gasteiger partial charge in [-0.25, -0.2) is 0 Å². The van der Waals surface area contributed by atoms with Gasteiger partial charge in [-0.15, -0.1) is 0 Å². The normalized spacial score (nSPS) is 10.1. The zero-order valence-electron chi connectivity index (χ0n) is 10.3. The van der Waals surface area contributed by atoms with Crippen molar-refractivity contribution in [1.82, 2.24) is 10.5 Å². The highest BCUT2D eigenvalue weighted by Gasteiger charge is 2.03. The number of rotatable bonds is 6. The van der Waals surface area contributed by atoms with Crippen LogP contribution in [0.15, 0.2) is 41.1 Å². The zero-order valence-corrected chi connectivity index (χ0v) is 10.3. The minimum atomic E-state index is -0.105. The monoisotopic (exact) mass is 261 g/mol. The number of carbonyl (C=O) groups is 1. The summed E-state index contributed by atoms with van der Waals surface area (Å²) in [7, 11) is 0. The largest absolute Gasteiger partial charge is 0.493 e. The number of benzene rings is 1. The van der Waals surface area contributed by atoms with E-state index in [1.54, 1.807) is 30.3 Å². The predicted molar refractivity (Wildman–Crippen MR) is 69.3 cm³/mol. The van der Waals surface area contributed by atoms with Crippen LogP contribution in [0.25, 0.3) is 0 Å². The van der Waals surface area contributed by atoms with Gasteiger partial charge in [-0.3, -0.25) is 4.79 Å². The number of hydrogen-bond acceptors (Lipinski definition) is 5. The SMILES string of the molecule is Nc1ccc(OCCC(=O)NCc2ccno2)cc1. The van der Waals surface area contributed by atoms with E-state index in [0.717, 1.165) is 0 Å². The number of ether oxygens (including phenoxy) is 1. The summed E-state index contributed by atoms with van der Waals surface area (Å²) in [5, 5.41) is 6.26. The topological polar surface area (TPSA) is 90.4 Å². The molecule has 6 heteroatoms. The Morgan fingerprint density at radius 2 is 2.11 bits per heavy atom. The molecular weight excluding hydrogens is 246 g/mol. The number of nitrogen functional groups attached to an aromatic ring is 1. The Morgan fingerprint density at radius 1 is 1.32 bits per heavy atom. The summed E-state index contributed by atoms with van der Waals surface area (Å²) in [6, 6.07) is 8.73. The molecule has 0 fully saturated rings.